The second-order valence-electron chi connectivity index (χ2n) is 0.266. The van der Waals surface area contributed by atoms with E-state index < -0.39 is 6.16 Å². The minimum Gasteiger partial charge on any atom is -1.00 e. The zero-order chi connectivity index (χ0) is 3.58. The van der Waals surface area contributed by atoms with E-state index in [9.17, 15) is 0 Å². The molecule has 3 N–H and O–H groups in total. The van der Waals surface area contributed by atoms with Gasteiger partial charge in [0.25, 0.3) is 0 Å². The Morgan fingerprint density at radius 1 is 1.30 bits per heavy atom. The van der Waals surface area contributed by atoms with Crippen molar-refractivity contribution in [3.05, 3.63) is 0 Å². The van der Waals surface area contributed by atoms with Gasteiger partial charge in [-0.25, -0.2) is 0 Å². The van der Waals surface area contributed by atoms with Gasteiger partial charge in [-0.05, 0) is 0 Å². The summed E-state index contributed by atoms with van der Waals surface area (Å²) in [4.78, 5) is 8.44. The third-order valence-corrected chi connectivity index (χ3v) is 0. The number of carbonyl (C=O) groups is 1. The molecule has 0 aromatic rings. The molecule has 10 heavy (non-hydrogen) atoms. The molecular weight excluding hydrogens is 384 g/mol. The van der Waals surface area contributed by atoms with Crippen LogP contribution < -0.4 is 178 Å². The molecule has 4 nitrogen and oxygen atoms in total. The molecule has 0 atom stereocenters. The number of hydrogen-bond acceptors (Lipinski definition) is 2. The van der Waals surface area contributed by atoms with Crippen molar-refractivity contribution in [1.29, 1.82) is 0 Å². The fraction of sp³-hybridized carbons (Fsp3) is 0. The van der Waals surface area contributed by atoms with E-state index in [1.165, 1.54) is 0 Å². The van der Waals surface area contributed by atoms with Gasteiger partial charge in [-0.1, -0.05) is 0 Å². The molecule has 0 aromatic heterocycles. The first-order valence-corrected chi connectivity index (χ1v) is 0.632. The van der Waals surface area contributed by atoms with Crippen molar-refractivity contribution in [3.8, 4) is 0 Å². The van der Waals surface area contributed by atoms with Crippen LogP contribution in [0, 0.1) is 0 Å². The van der Waals surface area contributed by atoms with E-state index in [0.717, 1.165) is 0 Å². The average molecular weight is 387 g/mol. The molecule has 0 rings (SSSR count). The molecule has 0 bridgehead atoms. The Bertz CT molecular complexity index is 46.2. The molecule has 0 spiro atoms. The van der Waals surface area contributed by atoms with Crippen LogP contribution in [-0.2, 0) is 0 Å². The van der Waals surface area contributed by atoms with Crippen LogP contribution in [0.15, 0.2) is 0 Å². The van der Waals surface area contributed by atoms with Crippen LogP contribution in [0.25, 0.3) is 0 Å². The molecule has 0 heterocycles. The molecule has 0 aromatic carbocycles. The topological polar surface area (TPSA) is 91.9 Å². The Kier molecular flexibility index (Phi) is 173. The first-order valence-electron chi connectivity index (χ1n) is 0.632. The smallest absolute Gasteiger partial charge is 1.00 e. The number of carboxylic acid groups (broad SMARTS) is 2. The zero-order valence-electron chi connectivity index (χ0n) is 6.02. The summed E-state index contributed by atoms with van der Waals surface area (Å²) >= 11 is 0. The monoisotopic (exact) mass is 386 g/mol. The maximum absolute atomic E-state index is 8.44. The standard InChI is InChI=1S/CH2O3.BrH.HI.2K.Na.H2O/c2-1(3)4;;;;;;/h(H2,2,3,4);2*1H;;;;1H2/q;;;3*+1;/p-3. The van der Waals surface area contributed by atoms with Crippen LogP contribution in [0.4, 0.5) is 4.79 Å². The van der Waals surface area contributed by atoms with Gasteiger partial charge in [-0.2, -0.15) is 0 Å². The van der Waals surface area contributed by atoms with Crippen molar-refractivity contribution in [2.24, 2.45) is 0 Å². The van der Waals surface area contributed by atoms with Gasteiger partial charge < -0.3 is 61.4 Å². The Labute approximate surface area is 194 Å². The van der Waals surface area contributed by atoms with Gasteiger partial charge in [0, 0.05) is 0 Å². The van der Waals surface area contributed by atoms with Crippen molar-refractivity contribution >= 4 is 6.16 Å². The largest absolute Gasteiger partial charge is 1.00 e. The molecule has 0 saturated carbocycles. The van der Waals surface area contributed by atoms with Gasteiger partial charge in [0.15, 0.2) is 0 Å². The van der Waals surface area contributed by atoms with Crippen LogP contribution >= 0.6 is 0 Å². The van der Waals surface area contributed by atoms with E-state index in [0.29, 0.717) is 0 Å². The Hall–Kier alpha value is 4.71. The minimum atomic E-state index is -2.08. The quantitative estimate of drug-likeness (QED) is 0.331. The van der Waals surface area contributed by atoms with Crippen LogP contribution in [0.3, 0.4) is 0 Å². The van der Waals surface area contributed by atoms with Gasteiger partial charge in [0.2, 0.25) is 6.16 Å². The summed E-state index contributed by atoms with van der Waals surface area (Å²) < 4.78 is 0. The minimum absolute atomic E-state index is 0. The van der Waals surface area contributed by atoms with E-state index in [4.69, 9.17) is 15.0 Å². The molecule has 0 saturated heterocycles. The fourth-order valence-corrected chi connectivity index (χ4v) is 0. The summed E-state index contributed by atoms with van der Waals surface area (Å²) in [6.07, 6.45) is -2.08. The third kappa shape index (κ3) is 78.5. The molecule has 0 aliphatic rings. The Balaban J connectivity index is -0.00000000300. The number of halogens is 2. The SMILES string of the molecule is O.O=C([O-])O.[Br-].[I-].[K+].[K+].[Na+]. The summed E-state index contributed by atoms with van der Waals surface area (Å²) in [5.41, 5.74) is 0. The van der Waals surface area contributed by atoms with E-state index in [1.54, 1.807) is 0 Å². The fourth-order valence-electron chi connectivity index (χ4n) is 0. The Morgan fingerprint density at radius 2 is 1.30 bits per heavy atom. The van der Waals surface area contributed by atoms with E-state index in [-0.39, 0.29) is 179 Å². The molecule has 9 heteroatoms. The molecule has 0 fully saturated rings. The van der Waals surface area contributed by atoms with Gasteiger partial charge >= 0.3 is 132 Å². The van der Waals surface area contributed by atoms with Crippen molar-refractivity contribution in [2.45, 2.75) is 0 Å². The van der Waals surface area contributed by atoms with Crippen molar-refractivity contribution in [2.75, 3.05) is 0 Å². The average Bonchev–Trinajstić information content (AvgIpc) is 0.811. The second kappa shape index (κ2) is 37.3. The zero-order valence-corrected chi connectivity index (χ0v) is 18.0. The summed E-state index contributed by atoms with van der Waals surface area (Å²) in [5, 5.41) is 15.3. The van der Waals surface area contributed by atoms with Gasteiger partial charge in [0.05, 0.1) is 0 Å². The Morgan fingerprint density at radius 3 is 1.30 bits per heavy atom. The predicted molar refractivity (Wildman–Crippen MR) is 11.6 cm³/mol. The first kappa shape index (κ1) is 46.5. The first-order chi connectivity index (χ1) is 1.73. The summed E-state index contributed by atoms with van der Waals surface area (Å²) in [6.45, 7) is 0. The third-order valence-electron chi connectivity index (χ3n) is 0. The molecule has 0 aliphatic heterocycles. The van der Waals surface area contributed by atoms with E-state index in [2.05, 4.69) is 0 Å². The summed E-state index contributed by atoms with van der Waals surface area (Å²) in [5.74, 6) is 0. The van der Waals surface area contributed by atoms with E-state index >= 15 is 0 Å². The van der Waals surface area contributed by atoms with Crippen molar-refractivity contribution < 1.29 is 194 Å². The molecule has 0 radical (unpaired) electrons. The van der Waals surface area contributed by atoms with Gasteiger partial charge in [0.1, 0.15) is 0 Å². The van der Waals surface area contributed by atoms with Crippen molar-refractivity contribution in [1.82, 2.24) is 0 Å². The maximum atomic E-state index is 8.44. The molecule has 48 valence electrons. The number of hydrogen-bond donors (Lipinski definition) is 1. The van der Waals surface area contributed by atoms with Crippen molar-refractivity contribution in [3.63, 3.8) is 0 Å². The van der Waals surface area contributed by atoms with Crippen LogP contribution in [0.1, 0.15) is 0 Å². The molecular formula is CH3BrIK2NaO4. The second-order valence-corrected chi connectivity index (χ2v) is 0.266. The van der Waals surface area contributed by atoms with Gasteiger partial charge in [-0.3, -0.25) is 0 Å². The summed E-state index contributed by atoms with van der Waals surface area (Å²) in [7, 11) is 0. The normalized spacial score (nSPS) is 2.40. The molecule has 0 unspecified atom stereocenters. The predicted octanol–water partition coefficient (Wildman–Crippen LogP) is -16.9. The van der Waals surface area contributed by atoms with Crippen LogP contribution in [0.5, 0.6) is 0 Å². The molecule has 0 aliphatic carbocycles. The maximum Gasteiger partial charge on any atom is 1.00 e. The van der Waals surface area contributed by atoms with Gasteiger partial charge in [-0.15, -0.1) is 0 Å². The molecule has 0 amide bonds. The van der Waals surface area contributed by atoms with Crippen LogP contribution in [-0.4, -0.2) is 16.7 Å². The van der Waals surface area contributed by atoms with E-state index in [1.807, 2.05) is 0 Å². The van der Waals surface area contributed by atoms with Crippen LogP contribution in [0.2, 0.25) is 0 Å². The summed E-state index contributed by atoms with van der Waals surface area (Å²) in [6, 6.07) is 0. The number of rotatable bonds is 0.